The molecule has 0 atom stereocenters. The van der Waals surface area contributed by atoms with Crippen LogP contribution in [0.5, 0.6) is 0 Å². The molecule has 18 heavy (non-hydrogen) atoms. The number of carbonyl (C=O) groups is 1. The Kier molecular flexibility index (Phi) is 5.88. The van der Waals surface area contributed by atoms with Crippen molar-refractivity contribution in [1.29, 1.82) is 0 Å². The highest BCUT2D eigenvalue weighted by Crippen LogP contribution is 2.20. The molecule has 0 radical (unpaired) electrons. The molecule has 0 aliphatic heterocycles. The summed E-state index contributed by atoms with van der Waals surface area (Å²) in [7, 11) is 0. The zero-order chi connectivity index (χ0) is 13.7. The van der Waals surface area contributed by atoms with E-state index < -0.39 is 0 Å². The molecule has 4 nitrogen and oxygen atoms in total. The average Bonchev–Trinajstić information content (AvgIpc) is 2.72. The van der Waals surface area contributed by atoms with E-state index in [9.17, 15) is 4.79 Å². The fourth-order valence-electron chi connectivity index (χ4n) is 1.87. The largest absolute Gasteiger partial charge is 0.396 e. The van der Waals surface area contributed by atoms with Gasteiger partial charge in [0, 0.05) is 36.4 Å². The van der Waals surface area contributed by atoms with E-state index >= 15 is 0 Å². The number of amides is 1. The van der Waals surface area contributed by atoms with Crippen molar-refractivity contribution in [1.82, 2.24) is 9.47 Å². The van der Waals surface area contributed by atoms with E-state index in [4.69, 9.17) is 5.11 Å². The molecule has 1 aromatic rings. The zero-order valence-corrected chi connectivity index (χ0v) is 12.8. The molecule has 5 heteroatoms. The van der Waals surface area contributed by atoms with Crippen LogP contribution >= 0.6 is 15.9 Å². The summed E-state index contributed by atoms with van der Waals surface area (Å²) in [5, 5.41) is 8.86. The van der Waals surface area contributed by atoms with Crippen LogP contribution in [-0.2, 0) is 0 Å². The van der Waals surface area contributed by atoms with E-state index in [1.807, 2.05) is 37.6 Å². The van der Waals surface area contributed by atoms with Crippen LogP contribution in [0.2, 0.25) is 0 Å². The first-order chi connectivity index (χ1) is 8.51. The van der Waals surface area contributed by atoms with Crippen LogP contribution in [0.25, 0.3) is 0 Å². The maximum absolute atomic E-state index is 12.4. The lowest BCUT2D eigenvalue weighted by molar-refractivity contribution is 0.0742. The molecule has 0 saturated carbocycles. The Balaban J connectivity index is 2.94. The molecule has 1 aromatic heterocycles. The summed E-state index contributed by atoms with van der Waals surface area (Å²) < 4.78 is 2.88. The highest BCUT2D eigenvalue weighted by atomic mass is 79.9. The van der Waals surface area contributed by atoms with Gasteiger partial charge in [0.25, 0.3) is 5.91 Å². The highest BCUT2D eigenvalue weighted by molar-refractivity contribution is 9.10. The molecule has 0 saturated heterocycles. The third-order valence-electron chi connectivity index (χ3n) is 2.85. The number of hydrogen-bond acceptors (Lipinski definition) is 2. The molecule has 102 valence electrons. The van der Waals surface area contributed by atoms with Crippen molar-refractivity contribution in [3.8, 4) is 0 Å². The quantitative estimate of drug-likeness (QED) is 0.877. The van der Waals surface area contributed by atoms with Crippen LogP contribution in [0.1, 0.15) is 43.7 Å². The van der Waals surface area contributed by atoms with Gasteiger partial charge in [-0.3, -0.25) is 4.79 Å². The second-order valence-corrected chi connectivity index (χ2v) is 5.42. The molecule has 1 N–H and O–H groups in total. The van der Waals surface area contributed by atoms with Gasteiger partial charge in [0.05, 0.1) is 0 Å². The number of aliphatic hydroxyl groups excluding tert-OH is 1. The average molecular weight is 317 g/mol. The Labute approximate surface area is 117 Å². The fourth-order valence-corrected chi connectivity index (χ4v) is 2.31. The van der Waals surface area contributed by atoms with Crippen molar-refractivity contribution in [2.75, 3.05) is 19.7 Å². The van der Waals surface area contributed by atoms with Crippen LogP contribution in [0.3, 0.4) is 0 Å². The van der Waals surface area contributed by atoms with Crippen molar-refractivity contribution in [2.24, 2.45) is 0 Å². The van der Waals surface area contributed by atoms with Gasteiger partial charge in [-0.05, 0) is 49.2 Å². The molecule has 1 rings (SSSR count). The predicted octanol–water partition coefficient (Wildman–Crippen LogP) is 2.68. The van der Waals surface area contributed by atoms with Gasteiger partial charge in [-0.2, -0.15) is 0 Å². The molecule has 0 fully saturated rings. The summed E-state index contributed by atoms with van der Waals surface area (Å²) in [5.74, 6) is 0.0188. The second-order valence-electron chi connectivity index (χ2n) is 4.51. The van der Waals surface area contributed by atoms with Crippen LogP contribution < -0.4 is 0 Å². The maximum atomic E-state index is 12.4. The summed E-state index contributed by atoms with van der Waals surface area (Å²) in [6, 6.07) is 2.09. The molecule has 1 heterocycles. The summed E-state index contributed by atoms with van der Waals surface area (Å²) in [5.41, 5.74) is 0.691. The first-order valence-corrected chi connectivity index (χ1v) is 7.08. The first kappa shape index (κ1) is 15.2. The number of hydrogen-bond donors (Lipinski definition) is 1. The first-order valence-electron chi connectivity index (χ1n) is 6.28. The molecule has 0 aliphatic carbocycles. The minimum atomic E-state index is 0.0188. The minimum absolute atomic E-state index is 0.0188. The van der Waals surface area contributed by atoms with Crippen LogP contribution in [0, 0.1) is 0 Å². The van der Waals surface area contributed by atoms with Crippen LogP contribution in [0.15, 0.2) is 16.7 Å². The minimum Gasteiger partial charge on any atom is -0.396 e. The molecule has 0 aromatic carbocycles. The standard InChI is InChI=1S/C13H21BrN2O2/c1-4-15(6-5-7-17)13(18)12-8-11(14)9-16(12)10(2)3/h8-10,17H,4-7H2,1-3H3. The Morgan fingerprint density at radius 1 is 1.56 bits per heavy atom. The van der Waals surface area contributed by atoms with Gasteiger partial charge >= 0.3 is 0 Å². The van der Waals surface area contributed by atoms with Gasteiger partial charge in [0.15, 0.2) is 0 Å². The van der Waals surface area contributed by atoms with E-state index in [0.717, 1.165) is 4.47 Å². The Hall–Kier alpha value is -0.810. The molecule has 0 aliphatic rings. The van der Waals surface area contributed by atoms with E-state index in [1.54, 1.807) is 4.90 Å². The van der Waals surface area contributed by atoms with Gasteiger partial charge in [0.2, 0.25) is 0 Å². The van der Waals surface area contributed by atoms with E-state index in [1.165, 1.54) is 0 Å². The number of rotatable bonds is 6. The number of nitrogens with zero attached hydrogens (tertiary/aromatic N) is 2. The third-order valence-corrected chi connectivity index (χ3v) is 3.28. The molecule has 0 bridgehead atoms. The van der Waals surface area contributed by atoms with E-state index in [2.05, 4.69) is 15.9 Å². The molecular weight excluding hydrogens is 296 g/mol. The van der Waals surface area contributed by atoms with Crippen molar-refractivity contribution in [2.45, 2.75) is 33.2 Å². The van der Waals surface area contributed by atoms with Gasteiger partial charge in [-0.1, -0.05) is 0 Å². The highest BCUT2D eigenvalue weighted by Gasteiger charge is 2.19. The topological polar surface area (TPSA) is 45.5 Å². The predicted molar refractivity (Wildman–Crippen MR) is 75.8 cm³/mol. The van der Waals surface area contributed by atoms with Crippen molar-refractivity contribution >= 4 is 21.8 Å². The van der Waals surface area contributed by atoms with Crippen molar-refractivity contribution in [3.05, 3.63) is 22.4 Å². The Bertz CT molecular complexity index is 402. The number of halogens is 1. The van der Waals surface area contributed by atoms with Gasteiger partial charge < -0.3 is 14.6 Å². The zero-order valence-electron chi connectivity index (χ0n) is 11.2. The molecular formula is C13H21BrN2O2. The van der Waals surface area contributed by atoms with Crippen molar-refractivity contribution < 1.29 is 9.90 Å². The smallest absolute Gasteiger partial charge is 0.270 e. The lowest BCUT2D eigenvalue weighted by atomic mass is 10.3. The van der Waals surface area contributed by atoms with E-state index in [0.29, 0.717) is 25.2 Å². The normalized spacial score (nSPS) is 11.0. The van der Waals surface area contributed by atoms with Crippen LogP contribution in [0.4, 0.5) is 0 Å². The number of carbonyl (C=O) groups excluding carboxylic acids is 1. The van der Waals surface area contributed by atoms with Gasteiger partial charge in [-0.15, -0.1) is 0 Å². The molecule has 0 spiro atoms. The number of aliphatic hydroxyl groups is 1. The number of aromatic nitrogens is 1. The Morgan fingerprint density at radius 2 is 2.22 bits per heavy atom. The molecule has 0 unspecified atom stereocenters. The lowest BCUT2D eigenvalue weighted by Crippen LogP contribution is -2.33. The van der Waals surface area contributed by atoms with Crippen LogP contribution in [-0.4, -0.2) is 40.2 Å². The monoisotopic (exact) mass is 316 g/mol. The Morgan fingerprint density at radius 3 is 2.72 bits per heavy atom. The summed E-state index contributed by atoms with van der Waals surface area (Å²) >= 11 is 3.41. The van der Waals surface area contributed by atoms with Crippen molar-refractivity contribution in [3.63, 3.8) is 0 Å². The second kappa shape index (κ2) is 6.95. The summed E-state index contributed by atoms with van der Waals surface area (Å²) in [6.45, 7) is 7.40. The summed E-state index contributed by atoms with van der Waals surface area (Å²) in [6.07, 6.45) is 2.54. The summed E-state index contributed by atoms with van der Waals surface area (Å²) in [4.78, 5) is 14.2. The third kappa shape index (κ3) is 3.59. The lowest BCUT2D eigenvalue weighted by Gasteiger charge is -2.22. The van der Waals surface area contributed by atoms with E-state index in [-0.39, 0.29) is 18.6 Å². The maximum Gasteiger partial charge on any atom is 0.270 e. The fraction of sp³-hybridized carbons (Fsp3) is 0.615. The molecule has 1 amide bonds. The SMILES string of the molecule is CCN(CCCO)C(=O)c1cc(Br)cn1C(C)C. The van der Waals surface area contributed by atoms with Gasteiger partial charge in [-0.25, -0.2) is 0 Å². The van der Waals surface area contributed by atoms with Gasteiger partial charge in [0.1, 0.15) is 5.69 Å².